The number of Topliss-reactive ketones (excluding diaryl/α,β-unsaturated/α-hetero) is 1. The van der Waals surface area contributed by atoms with Gasteiger partial charge in [-0.2, -0.15) is 0 Å². The van der Waals surface area contributed by atoms with Crippen molar-refractivity contribution in [2.75, 3.05) is 0 Å². The molecule has 1 heterocycles. The van der Waals surface area contributed by atoms with E-state index in [1.807, 2.05) is 30.5 Å². The molecule has 0 saturated carbocycles. The molecule has 1 aromatic carbocycles. The lowest BCUT2D eigenvalue weighted by Crippen LogP contribution is -2.01. The number of aromatic nitrogens is 1. The molecular weight excluding hydrogens is 258 g/mol. The van der Waals surface area contributed by atoms with Gasteiger partial charge < -0.3 is 0 Å². The van der Waals surface area contributed by atoms with Crippen molar-refractivity contribution in [3.63, 3.8) is 0 Å². The van der Waals surface area contributed by atoms with Crippen LogP contribution in [-0.4, -0.2) is 10.8 Å². The van der Waals surface area contributed by atoms with Crippen LogP contribution in [0.2, 0.25) is 5.02 Å². The van der Waals surface area contributed by atoms with Gasteiger partial charge in [-0.05, 0) is 49.1 Å². The van der Waals surface area contributed by atoms with Crippen molar-refractivity contribution in [1.82, 2.24) is 4.98 Å². The normalized spacial score (nSPS) is 17.3. The number of hydrogen-bond donors (Lipinski definition) is 0. The first kappa shape index (κ1) is 12.4. The summed E-state index contributed by atoms with van der Waals surface area (Å²) in [5.41, 5.74) is 4.20. The standard InChI is InChI=1S/C16H14ClNO/c1-10(19)13-6-5-12(9-15(13)17)14-7-4-11-3-2-8-18-16(11)14/h2-3,5-6,8-9,14H,4,7H2,1H3. The van der Waals surface area contributed by atoms with E-state index >= 15 is 0 Å². The SMILES string of the molecule is CC(=O)c1ccc(C2CCc3cccnc32)cc1Cl. The number of hydrogen-bond acceptors (Lipinski definition) is 2. The second-order valence-electron chi connectivity index (χ2n) is 4.93. The zero-order valence-corrected chi connectivity index (χ0v) is 11.4. The summed E-state index contributed by atoms with van der Waals surface area (Å²) in [7, 11) is 0. The van der Waals surface area contributed by atoms with Gasteiger partial charge in [0.1, 0.15) is 0 Å². The maximum atomic E-state index is 11.4. The topological polar surface area (TPSA) is 30.0 Å². The second kappa shape index (κ2) is 4.78. The molecule has 1 atom stereocenters. The number of benzene rings is 1. The molecule has 19 heavy (non-hydrogen) atoms. The van der Waals surface area contributed by atoms with Gasteiger partial charge >= 0.3 is 0 Å². The average Bonchev–Trinajstić information content (AvgIpc) is 2.82. The monoisotopic (exact) mass is 271 g/mol. The summed E-state index contributed by atoms with van der Waals surface area (Å²) < 4.78 is 0. The molecule has 0 aliphatic heterocycles. The van der Waals surface area contributed by atoms with Crippen molar-refractivity contribution in [3.8, 4) is 0 Å². The van der Waals surface area contributed by atoms with E-state index in [9.17, 15) is 4.79 Å². The van der Waals surface area contributed by atoms with Crippen molar-refractivity contribution in [3.05, 3.63) is 63.9 Å². The highest BCUT2D eigenvalue weighted by atomic mass is 35.5. The Labute approximate surface area is 117 Å². The number of nitrogens with zero attached hydrogens (tertiary/aromatic N) is 1. The number of ketones is 1. The molecule has 0 radical (unpaired) electrons. The number of carbonyl (C=O) groups excluding carboxylic acids is 1. The van der Waals surface area contributed by atoms with E-state index in [1.165, 1.54) is 12.5 Å². The van der Waals surface area contributed by atoms with Gasteiger partial charge in [0, 0.05) is 17.7 Å². The van der Waals surface area contributed by atoms with Gasteiger partial charge in [0.25, 0.3) is 0 Å². The Kier molecular flexibility index (Phi) is 3.11. The van der Waals surface area contributed by atoms with Gasteiger partial charge in [0.15, 0.2) is 5.78 Å². The first-order chi connectivity index (χ1) is 9.16. The van der Waals surface area contributed by atoms with E-state index in [-0.39, 0.29) is 5.78 Å². The molecule has 2 aromatic rings. The summed E-state index contributed by atoms with van der Waals surface area (Å²) >= 11 is 6.19. The van der Waals surface area contributed by atoms with Crippen molar-refractivity contribution in [2.45, 2.75) is 25.7 Å². The van der Waals surface area contributed by atoms with Crippen LogP contribution in [0.1, 0.15) is 46.4 Å². The maximum absolute atomic E-state index is 11.4. The highest BCUT2D eigenvalue weighted by Gasteiger charge is 2.25. The molecule has 1 aliphatic carbocycles. The number of rotatable bonds is 2. The number of pyridine rings is 1. The second-order valence-corrected chi connectivity index (χ2v) is 5.34. The molecule has 0 amide bonds. The Balaban J connectivity index is 2.01. The lowest BCUT2D eigenvalue weighted by atomic mass is 9.95. The Hall–Kier alpha value is -1.67. The molecule has 0 fully saturated rings. The first-order valence-electron chi connectivity index (χ1n) is 6.41. The Morgan fingerprint density at radius 2 is 2.21 bits per heavy atom. The minimum atomic E-state index is 0.00139. The lowest BCUT2D eigenvalue weighted by Gasteiger charge is -2.12. The maximum Gasteiger partial charge on any atom is 0.161 e. The molecule has 1 unspecified atom stereocenters. The zero-order valence-electron chi connectivity index (χ0n) is 10.7. The zero-order chi connectivity index (χ0) is 13.4. The van der Waals surface area contributed by atoms with Crippen LogP contribution in [0, 0.1) is 0 Å². The molecule has 3 heteroatoms. The van der Waals surface area contributed by atoms with Gasteiger partial charge in [-0.1, -0.05) is 23.7 Å². The summed E-state index contributed by atoms with van der Waals surface area (Å²) in [4.78, 5) is 15.9. The van der Waals surface area contributed by atoms with E-state index < -0.39 is 0 Å². The Morgan fingerprint density at radius 3 is 2.95 bits per heavy atom. The third-order valence-electron chi connectivity index (χ3n) is 3.73. The summed E-state index contributed by atoms with van der Waals surface area (Å²) in [6.07, 6.45) is 3.95. The predicted molar refractivity (Wildman–Crippen MR) is 75.9 cm³/mol. The fraction of sp³-hybridized carbons (Fsp3) is 0.250. The van der Waals surface area contributed by atoms with Gasteiger partial charge in [0.2, 0.25) is 0 Å². The van der Waals surface area contributed by atoms with Crippen LogP contribution in [0.15, 0.2) is 36.5 Å². The van der Waals surface area contributed by atoms with E-state index in [2.05, 4.69) is 11.1 Å². The van der Waals surface area contributed by atoms with E-state index in [1.54, 1.807) is 0 Å². The Morgan fingerprint density at radius 1 is 1.37 bits per heavy atom. The van der Waals surface area contributed by atoms with Crippen LogP contribution < -0.4 is 0 Å². The van der Waals surface area contributed by atoms with Crippen LogP contribution in [0.25, 0.3) is 0 Å². The van der Waals surface area contributed by atoms with Crippen LogP contribution >= 0.6 is 11.6 Å². The van der Waals surface area contributed by atoms with Crippen molar-refractivity contribution in [2.24, 2.45) is 0 Å². The summed E-state index contributed by atoms with van der Waals surface area (Å²) in [5, 5.41) is 0.536. The number of fused-ring (bicyclic) bond motifs is 1. The highest BCUT2D eigenvalue weighted by Crippen LogP contribution is 2.37. The minimum Gasteiger partial charge on any atom is -0.294 e. The quantitative estimate of drug-likeness (QED) is 0.773. The van der Waals surface area contributed by atoms with E-state index in [4.69, 9.17) is 11.6 Å². The number of carbonyl (C=O) groups is 1. The lowest BCUT2D eigenvalue weighted by molar-refractivity contribution is 0.101. The van der Waals surface area contributed by atoms with Gasteiger partial charge in [-0.3, -0.25) is 9.78 Å². The third-order valence-corrected chi connectivity index (χ3v) is 4.05. The van der Waals surface area contributed by atoms with Crippen LogP contribution in [0.4, 0.5) is 0 Å². The van der Waals surface area contributed by atoms with Crippen LogP contribution in [-0.2, 0) is 6.42 Å². The fourth-order valence-electron chi connectivity index (χ4n) is 2.77. The van der Waals surface area contributed by atoms with Crippen molar-refractivity contribution >= 4 is 17.4 Å². The van der Waals surface area contributed by atoms with Gasteiger partial charge in [-0.15, -0.1) is 0 Å². The van der Waals surface area contributed by atoms with Crippen LogP contribution in [0.3, 0.4) is 0 Å². The molecule has 1 aromatic heterocycles. The molecule has 2 nitrogen and oxygen atoms in total. The van der Waals surface area contributed by atoms with Gasteiger partial charge in [0.05, 0.1) is 10.7 Å². The minimum absolute atomic E-state index is 0.00139. The number of aryl methyl sites for hydroxylation is 1. The molecular formula is C16H14ClNO. The van der Waals surface area contributed by atoms with E-state index in [0.29, 0.717) is 16.5 Å². The summed E-state index contributed by atoms with van der Waals surface area (Å²) in [6.45, 7) is 1.54. The molecule has 0 saturated heterocycles. The molecule has 0 N–H and O–H groups in total. The first-order valence-corrected chi connectivity index (χ1v) is 6.79. The van der Waals surface area contributed by atoms with Crippen LogP contribution in [0.5, 0.6) is 0 Å². The predicted octanol–water partition coefficient (Wildman–Crippen LogP) is 4.02. The Bertz CT molecular complexity index is 651. The largest absolute Gasteiger partial charge is 0.294 e. The highest BCUT2D eigenvalue weighted by molar-refractivity contribution is 6.33. The summed E-state index contributed by atoms with van der Waals surface area (Å²) in [5.74, 6) is 0.302. The van der Waals surface area contributed by atoms with Crippen molar-refractivity contribution < 1.29 is 4.79 Å². The molecule has 3 rings (SSSR count). The molecule has 0 spiro atoms. The fourth-order valence-corrected chi connectivity index (χ4v) is 3.09. The molecule has 1 aliphatic rings. The smallest absolute Gasteiger partial charge is 0.161 e. The molecule has 96 valence electrons. The van der Waals surface area contributed by atoms with Gasteiger partial charge in [-0.25, -0.2) is 0 Å². The summed E-state index contributed by atoms with van der Waals surface area (Å²) in [6, 6.07) is 9.84. The third kappa shape index (κ3) is 2.17. The average molecular weight is 272 g/mol. The number of halogens is 1. The van der Waals surface area contributed by atoms with E-state index in [0.717, 1.165) is 24.1 Å². The molecule has 0 bridgehead atoms. The van der Waals surface area contributed by atoms with Crippen molar-refractivity contribution in [1.29, 1.82) is 0 Å².